The van der Waals surface area contributed by atoms with Crippen molar-refractivity contribution in [2.45, 2.75) is 26.7 Å². The summed E-state index contributed by atoms with van der Waals surface area (Å²) in [6, 6.07) is 5.38. The molecule has 0 bridgehead atoms. The molecule has 0 unspecified atom stereocenters. The van der Waals surface area contributed by atoms with Crippen molar-refractivity contribution >= 4 is 34.8 Å². The fourth-order valence-corrected chi connectivity index (χ4v) is 2.18. The van der Waals surface area contributed by atoms with Crippen molar-refractivity contribution in [1.29, 1.82) is 0 Å². The molecule has 0 saturated carbocycles. The molecular weight excluding hydrogens is 309 g/mol. The van der Waals surface area contributed by atoms with E-state index in [0.717, 1.165) is 5.56 Å². The second-order valence-corrected chi connectivity index (χ2v) is 5.83. The van der Waals surface area contributed by atoms with Crippen LogP contribution in [0.2, 0.25) is 10.0 Å². The van der Waals surface area contributed by atoms with Gasteiger partial charge in [-0.15, -0.1) is 0 Å². The van der Waals surface area contributed by atoms with Crippen LogP contribution >= 0.6 is 23.2 Å². The summed E-state index contributed by atoms with van der Waals surface area (Å²) in [6.45, 7) is 5.82. The van der Waals surface area contributed by atoms with E-state index in [1.807, 2.05) is 26.8 Å². The van der Waals surface area contributed by atoms with Gasteiger partial charge >= 0.3 is 0 Å². The lowest BCUT2D eigenvalue weighted by atomic mass is 10.2. The number of hydrogen-bond acceptors (Lipinski definition) is 3. The van der Waals surface area contributed by atoms with E-state index in [2.05, 4.69) is 15.3 Å². The van der Waals surface area contributed by atoms with Crippen LogP contribution in [0.1, 0.15) is 41.6 Å². The molecule has 6 heteroatoms. The summed E-state index contributed by atoms with van der Waals surface area (Å²) in [7, 11) is 0. The molecule has 110 valence electrons. The Kier molecular flexibility index (Phi) is 4.80. The van der Waals surface area contributed by atoms with Crippen LogP contribution < -0.4 is 5.32 Å². The first-order chi connectivity index (χ1) is 9.88. The van der Waals surface area contributed by atoms with Crippen molar-refractivity contribution in [1.82, 2.24) is 9.97 Å². The highest BCUT2D eigenvalue weighted by Gasteiger charge is 2.16. The van der Waals surface area contributed by atoms with Crippen LogP contribution in [-0.4, -0.2) is 15.9 Å². The summed E-state index contributed by atoms with van der Waals surface area (Å²) >= 11 is 12.1. The number of nitrogens with one attached hydrogen (secondary N) is 1. The normalized spacial score (nSPS) is 10.8. The van der Waals surface area contributed by atoms with Gasteiger partial charge in [0.05, 0.1) is 21.9 Å². The highest BCUT2D eigenvalue weighted by molar-refractivity contribution is 6.35. The number of anilines is 1. The molecular formula is C15H15Cl2N3O. The first-order valence-corrected chi connectivity index (χ1v) is 7.24. The number of amides is 1. The van der Waals surface area contributed by atoms with E-state index < -0.39 is 5.91 Å². The van der Waals surface area contributed by atoms with E-state index in [9.17, 15) is 4.79 Å². The average molecular weight is 324 g/mol. The Labute approximate surface area is 133 Å². The van der Waals surface area contributed by atoms with Gasteiger partial charge in [-0.25, -0.2) is 9.97 Å². The van der Waals surface area contributed by atoms with Crippen LogP contribution in [0, 0.1) is 6.92 Å². The van der Waals surface area contributed by atoms with Gasteiger partial charge in [-0.05, 0) is 24.6 Å². The zero-order valence-corrected chi connectivity index (χ0v) is 13.5. The van der Waals surface area contributed by atoms with Gasteiger partial charge in [0.2, 0.25) is 0 Å². The molecule has 0 radical (unpaired) electrons. The number of aryl methyl sites for hydroxylation is 1. The Bertz CT molecular complexity index is 687. The van der Waals surface area contributed by atoms with E-state index in [1.54, 1.807) is 12.1 Å². The van der Waals surface area contributed by atoms with E-state index in [0.29, 0.717) is 16.5 Å². The molecule has 2 aromatic rings. The lowest BCUT2D eigenvalue weighted by Crippen LogP contribution is -2.16. The number of rotatable bonds is 3. The maximum atomic E-state index is 12.3. The van der Waals surface area contributed by atoms with Gasteiger partial charge in [-0.3, -0.25) is 4.79 Å². The van der Waals surface area contributed by atoms with E-state index in [-0.39, 0.29) is 16.6 Å². The molecule has 0 aliphatic rings. The third-order valence-electron chi connectivity index (χ3n) is 2.87. The number of benzene rings is 1. The molecule has 0 spiro atoms. The Morgan fingerprint density at radius 2 is 1.95 bits per heavy atom. The second-order valence-electron chi connectivity index (χ2n) is 5.02. The van der Waals surface area contributed by atoms with E-state index in [4.69, 9.17) is 23.2 Å². The summed E-state index contributed by atoms with van der Waals surface area (Å²) in [5, 5.41) is 3.39. The highest BCUT2D eigenvalue weighted by atomic mass is 35.5. The predicted molar refractivity (Wildman–Crippen MR) is 85.3 cm³/mol. The van der Waals surface area contributed by atoms with Crippen molar-refractivity contribution in [2.75, 3.05) is 5.32 Å². The van der Waals surface area contributed by atoms with Crippen molar-refractivity contribution in [3.05, 3.63) is 51.5 Å². The van der Waals surface area contributed by atoms with Crippen LogP contribution in [-0.2, 0) is 0 Å². The van der Waals surface area contributed by atoms with E-state index >= 15 is 0 Å². The summed E-state index contributed by atoms with van der Waals surface area (Å²) < 4.78 is 0. The predicted octanol–water partition coefficient (Wildman–Crippen LogP) is 4.47. The van der Waals surface area contributed by atoms with Crippen LogP contribution in [0.4, 0.5) is 5.69 Å². The average Bonchev–Trinajstić information content (AvgIpc) is 2.42. The third kappa shape index (κ3) is 3.71. The summed E-state index contributed by atoms with van der Waals surface area (Å²) in [5.74, 6) is 0.270. The standard InChI is InChI=1S/C15H15Cl2N3O/c1-8(2)14-18-7-11(17)13(20-14)15(21)19-12-5-4-9(3)6-10(12)16/h4-8H,1-3H3,(H,19,21). The summed E-state index contributed by atoms with van der Waals surface area (Å²) in [5.41, 5.74) is 1.68. The topological polar surface area (TPSA) is 54.9 Å². The molecule has 2 rings (SSSR count). The lowest BCUT2D eigenvalue weighted by Gasteiger charge is -2.10. The lowest BCUT2D eigenvalue weighted by molar-refractivity contribution is 0.102. The van der Waals surface area contributed by atoms with Gasteiger partial charge in [0.1, 0.15) is 5.82 Å². The molecule has 0 fully saturated rings. The second kappa shape index (κ2) is 6.41. The molecule has 4 nitrogen and oxygen atoms in total. The number of carbonyl (C=O) groups is 1. The zero-order valence-electron chi connectivity index (χ0n) is 11.9. The fourth-order valence-electron chi connectivity index (χ4n) is 1.72. The number of carbonyl (C=O) groups excluding carboxylic acids is 1. The first-order valence-electron chi connectivity index (χ1n) is 6.48. The zero-order chi connectivity index (χ0) is 15.6. The molecule has 1 aromatic carbocycles. The molecule has 0 aliphatic carbocycles. The molecule has 1 amide bonds. The minimum atomic E-state index is -0.407. The molecule has 1 N–H and O–H groups in total. The van der Waals surface area contributed by atoms with Crippen LogP contribution in [0.25, 0.3) is 0 Å². The molecule has 0 aliphatic heterocycles. The number of aromatic nitrogens is 2. The SMILES string of the molecule is Cc1ccc(NC(=O)c2nc(C(C)C)ncc2Cl)c(Cl)c1. The van der Waals surface area contributed by atoms with Crippen LogP contribution in [0.15, 0.2) is 24.4 Å². The van der Waals surface area contributed by atoms with Crippen molar-refractivity contribution in [3.8, 4) is 0 Å². The Morgan fingerprint density at radius 1 is 1.24 bits per heavy atom. The summed E-state index contributed by atoms with van der Waals surface area (Å²) in [6.07, 6.45) is 1.44. The minimum absolute atomic E-state index is 0.108. The van der Waals surface area contributed by atoms with Gasteiger partial charge < -0.3 is 5.32 Å². The maximum Gasteiger partial charge on any atom is 0.275 e. The summed E-state index contributed by atoms with van der Waals surface area (Å²) in [4.78, 5) is 20.6. The monoisotopic (exact) mass is 323 g/mol. The number of nitrogens with zero attached hydrogens (tertiary/aromatic N) is 2. The minimum Gasteiger partial charge on any atom is -0.319 e. The van der Waals surface area contributed by atoms with E-state index in [1.165, 1.54) is 6.20 Å². The van der Waals surface area contributed by atoms with Gasteiger partial charge in [0.15, 0.2) is 5.69 Å². The molecule has 0 saturated heterocycles. The Morgan fingerprint density at radius 3 is 2.57 bits per heavy atom. The van der Waals surface area contributed by atoms with Crippen molar-refractivity contribution < 1.29 is 4.79 Å². The quantitative estimate of drug-likeness (QED) is 0.906. The molecule has 21 heavy (non-hydrogen) atoms. The van der Waals surface area contributed by atoms with Crippen LogP contribution in [0.5, 0.6) is 0 Å². The molecule has 1 heterocycles. The van der Waals surface area contributed by atoms with Crippen LogP contribution in [0.3, 0.4) is 0 Å². The van der Waals surface area contributed by atoms with Gasteiger partial charge in [-0.2, -0.15) is 0 Å². The van der Waals surface area contributed by atoms with Crippen molar-refractivity contribution in [3.63, 3.8) is 0 Å². The van der Waals surface area contributed by atoms with Gasteiger partial charge in [-0.1, -0.05) is 43.1 Å². The number of hydrogen-bond donors (Lipinski definition) is 1. The highest BCUT2D eigenvalue weighted by Crippen LogP contribution is 2.24. The third-order valence-corrected chi connectivity index (χ3v) is 3.46. The fraction of sp³-hybridized carbons (Fsp3) is 0.267. The molecule has 1 aromatic heterocycles. The molecule has 0 atom stereocenters. The van der Waals surface area contributed by atoms with Gasteiger partial charge in [0, 0.05) is 5.92 Å². The largest absolute Gasteiger partial charge is 0.319 e. The Balaban J connectivity index is 2.30. The Hall–Kier alpha value is -1.65. The van der Waals surface area contributed by atoms with Crippen molar-refractivity contribution in [2.24, 2.45) is 0 Å². The van der Waals surface area contributed by atoms with Gasteiger partial charge in [0.25, 0.3) is 5.91 Å². The first kappa shape index (κ1) is 15.7. The maximum absolute atomic E-state index is 12.3. The smallest absolute Gasteiger partial charge is 0.275 e. The number of halogens is 2.